The summed E-state index contributed by atoms with van der Waals surface area (Å²) in [6.45, 7) is 0. The number of nitrogens with one attached hydrogen (secondary N) is 1. The van der Waals surface area contributed by atoms with Gasteiger partial charge in [-0.2, -0.15) is 0 Å². The second-order valence-corrected chi connectivity index (χ2v) is 1.48. The monoisotopic (exact) mass is 132 g/mol. The fourth-order valence-electron chi connectivity index (χ4n) is 0.490. The van der Waals surface area contributed by atoms with Crippen molar-refractivity contribution in [2.45, 2.75) is 6.42 Å². The Labute approximate surface area is 49.9 Å². The first-order valence-electron chi connectivity index (χ1n) is 2.18. The summed E-state index contributed by atoms with van der Waals surface area (Å²) in [4.78, 5) is 24.1. The maximum atomic E-state index is 10.4. The number of rotatable bonds is 1. The van der Waals surface area contributed by atoms with Crippen LogP contribution in [0.2, 0.25) is 0 Å². The number of hydroxylamine groups is 1. The van der Waals surface area contributed by atoms with Gasteiger partial charge in [-0.1, -0.05) is 10.2 Å². The molecule has 0 aliphatic carbocycles. The minimum atomic E-state index is -0.609. The molecule has 6 heteroatoms. The van der Waals surface area contributed by atoms with Crippen LogP contribution in [0.5, 0.6) is 0 Å². The highest BCUT2D eigenvalue weighted by molar-refractivity contribution is 6.01. The summed E-state index contributed by atoms with van der Waals surface area (Å²) in [5.41, 5.74) is 1.93. The zero-order chi connectivity index (χ0) is 6.85. The highest BCUT2D eigenvalue weighted by Gasteiger charge is 2.27. The lowest BCUT2D eigenvalue weighted by molar-refractivity contribution is -0.387. The van der Waals surface area contributed by atoms with Gasteiger partial charge >= 0.3 is 0 Å². The van der Waals surface area contributed by atoms with Gasteiger partial charge in [0.1, 0.15) is 6.42 Å². The first-order chi connectivity index (χ1) is 4.24. The SMILES string of the molecule is O=C1CC(=O)N(OO)N1. The lowest BCUT2D eigenvalue weighted by Gasteiger charge is -2.05. The van der Waals surface area contributed by atoms with Crippen molar-refractivity contribution in [3.8, 4) is 0 Å². The minimum Gasteiger partial charge on any atom is -0.273 e. The molecule has 1 saturated heterocycles. The van der Waals surface area contributed by atoms with Crippen LogP contribution >= 0.6 is 0 Å². The molecule has 9 heavy (non-hydrogen) atoms. The smallest absolute Gasteiger partial charge is 0.273 e. The van der Waals surface area contributed by atoms with Gasteiger partial charge < -0.3 is 0 Å². The fourth-order valence-corrected chi connectivity index (χ4v) is 0.490. The van der Waals surface area contributed by atoms with E-state index in [1.807, 2.05) is 5.43 Å². The highest BCUT2D eigenvalue weighted by Crippen LogP contribution is 1.98. The summed E-state index contributed by atoms with van der Waals surface area (Å²) in [6, 6.07) is 0. The summed E-state index contributed by atoms with van der Waals surface area (Å²) in [5, 5.41) is 8.21. The number of hydrogen-bond acceptors (Lipinski definition) is 4. The zero-order valence-corrected chi connectivity index (χ0v) is 4.33. The van der Waals surface area contributed by atoms with Gasteiger partial charge in [-0.15, -0.1) is 0 Å². The third-order valence-corrected chi connectivity index (χ3v) is 0.846. The van der Waals surface area contributed by atoms with Crippen molar-refractivity contribution in [1.82, 2.24) is 10.6 Å². The highest BCUT2D eigenvalue weighted by atomic mass is 17.2. The van der Waals surface area contributed by atoms with Crippen LogP contribution in [0.15, 0.2) is 0 Å². The van der Waals surface area contributed by atoms with Gasteiger partial charge in [-0.3, -0.25) is 9.59 Å². The molecule has 0 saturated carbocycles. The summed E-state index contributed by atoms with van der Waals surface area (Å²) in [5.74, 6) is -1.10. The van der Waals surface area contributed by atoms with Crippen LogP contribution in [0.25, 0.3) is 0 Å². The molecule has 6 nitrogen and oxygen atoms in total. The Morgan fingerprint density at radius 2 is 2.33 bits per heavy atom. The Morgan fingerprint density at radius 3 is 2.56 bits per heavy atom. The molecule has 2 amide bonds. The van der Waals surface area contributed by atoms with Crippen molar-refractivity contribution in [3.05, 3.63) is 0 Å². The number of hydrazine groups is 1. The Bertz CT molecular complexity index is 156. The minimum absolute atomic E-state index is 0.277. The number of hydrogen-bond donors (Lipinski definition) is 2. The maximum Gasteiger partial charge on any atom is 0.279 e. The standard InChI is InChI=1S/C3H4N2O4/c6-2-1-3(7)5(4-2)9-8/h8H,1H2,(H,4,6). The molecule has 0 unspecified atom stereocenters. The Hall–Kier alpha value is -1.14. The first kappa shape index (κ1) is 5.99. The number of amides is 2. The van der Waals surface area contributed by atoms with E-state index in [0.717, 1.165) is 0 Å². The molecule has 1 aliphatic rings. The lowest BCUT2D eigenvalue weighted by atomic mass is 10.4. The topological polar surface area (TPSA) is 78.9 Å². The number of nitrogens with zero attached hydrogens (tertiary/aromatic N) is 1. The number of carbonyl (C=O) groups is 2. The van der Waals surface area contributed by atoms with Crippen LogP contribution in [-0.2, 0) is 14.6 Å². The van der Waals surface area contributed by atoms with Gasteiger partial charge in [0.05, 0.1) is 0 Å². The van der Waals surface area contributed by atoms with Crippen LogP contribution in [0.4, 0.5) is 0 Å². The Balaban J connectivity index is 2.58. The van der Waals surface area contributed by atoms with Crippen LogP contribution in [0, 0.1) is 0 Å². The second kappa shape index (κ2) is 2.00. The van der Waals surface area contributed by atoms with Crippen LogP contribution in [0.1, 0.15) is 6.42 Å². The molecular weight excluding hydrogens is 128 g/mol. The van der Waals surface area contributed by atoms with E-state index in [9.17, 15) is 9.59 Å². The quantitative estimate of drug-likeness (QED) is 0.263. The molecule has 1 aliphatic heterocycles. The van der Waals surface area contributed by atoms with Crippen molar-refractivity contribution in [1.29, 1.82) is 0 Å². The Morgan fingerprint density at radius 1 is 1.67 bits per heavy atom. The van der Waals surface area contributed by atoms with E-state index in [1.54, 1.807) is 0 Å². The molecule has 0 atom stereocenters. The molecule has 0 radical (unpaired) electrons. The van der Waals surface area contributed by atoms with E-state index < -0.39 is 11.8 Å². The predicted molar refractivity (Wildman–Crippen MR) is 23.3 cm³/mol. The second-order valence-electron chi connectivity index (χ2n) is 1.48. The van der Waals surface area contributed by atoms with Crippen molar-refractivity contribution < 1.29 is 19.8 Å². The van der Waals surface area contributed by atoms with Crippen LogP contribution < -0.4 is 5.43 Å². The average molecular weight is 132 g/mol. The maximum absolute atomic E-state index is 10.4. The zero-order valence-electron chi connectivity index (χ0n) is 4.33. The van der Waals surface area contributed by atoms with Gasteiger partial charge in [0.25, 0.3) is 5.91 Å². The Kier molecular flexibility index (Phi) is 1.33. The van der Waals surface area contributed by atoms with E-state index in [0.29, 0.717) is 5.17 Å². The lowest BCUT2D eigenvalue weighted by Crippen LogP contribution is -2.34. The summed E-state index contributed by atoms with van der Waals surface area (Å²) in [6.07, 6.45) is -0.277. The predicted octanol–water partition coefficient (Wildman–Crippen LogP) is -1.35. The third kappa shape index (κ3) is 0.980. The number of carbonyl (C=O) groups excluding carboxylic acids is 2. The molecule has 50 valence electrons. The molecular formula is C3H4N2O4. The molecule has 0 bridgehead atoms. The molecule has 1 rings (SSSR count). The third-order valence-electron chi connectivity index (χ3n) is 0.846. The van der Waals surface area contributed by atoms with Crippen molar-refractivity contribution in [2.75, 3.05) is 0 Å². The van der Waals surface area contributed by atoms with E-state index >= 15 is 0 Å². The van der Waals surface area contributed by atoms with Crippen molar-refractivity contribution in [3.63, 3.8) is 0 Å². The molecule has 2 N–H and O–H groups in total. The van der Waals surface area contributed by atoms with Crippen LogP contribution in [0.3, 0.4) is 0 Å². The molecule has 0 spiro atoms. The summed E-state index contributed by atoms with van der Waals surface area (Å²) < 4.78 is 0. The van der Waals surface area contributed by atoms with E-state index in [4.69, 9.17) is 5.26 Å². The molecule has 1 heterocycles. The van der Waals surface area contributed by atoms with Crippen molar-refractivity contribution >= 4 is 11.8 Å². The largest absolute Gasteiger partial charge is 0.279 e. The van der Waals surface area contributed by atoms with E-state index in [-0.39, 0.29) is 6.42 Å². The molecule has 0 aromatic heterocycles. The van der Waals surface area contributed by atoms with Crippen LogP contribution in [-0.4, -0.2) is 22.2 Å². The molecule has 1 fully saturated rings. The van der Waals surface area contributed by atoms with Gasteiger partial charge in [-0.25, -0.2) is 10.7 Å². The van der Waals surface area contributed by atoms with Gasteiger partial charge in [-0.05, 0) is 0 Å². The van der Waals surface area contributed by atoms with Gasteiger partial charge in [0.2, 0.25) is 5.91 Å². The average Bonchev–Trinajstić information content (AvgIpc) is 2.10. The van der Waals surface area contributed by atoms with Crippen molar-refractivity contribution in [2.24, 2.45) is 0 Å². The first-order valence-corrected chi connectivity index (χ1v) is 2.18. The van der Waals surface area contributed by atoms with Gasteiger partial charge in [0, 0.05) is 0 Å². The van der Waals surface area contributed by atoms with Gasteiger partial charge in [0.15, 0.2) is 0 Å². The van der Waals surface area contributed by atoms with E-state index in [2.05, 4.69) is 4.99 Å². The summed E-state index contributed by atoms with van der Waals surface area (Å²) in [7, 11) is 0. The summed E-state index contributed by atoms with van der Waals surface area (Å²) >= 11 is 0. The van der Waals surface area contributed by atoms with E-state index in [1.165, 1.54) is 0 Å². The normalized spacial score (nSPS) is 18.6. The fraction of sp³-hybridized carbons (Fsp3) is 0.333. The molecule has 0 aromatic rings. The molecule has 0 aromatic carbocycles.